The van der Waals surface area contributed by atoms with Crippen molar-refractivity contribution in [2.75, 3.05) is 21.3 Å². The van der Waals surface area contributed by atoms with Gasteiger partial charge in [-0.2, -0.15) is 0 Å². The van der Waals surface area contributed by atoms with Crippen LogP contribution in [0.4, 0.5) is 0 Å². The highest BCUT2D eigenvalue weighted by Crippen LogP contribution is 2.31. The minimum absolute atomic E-state index is 0.0485. The van der Waals surface area contributed by atoms with Gasteiger partial charge in [-0.1, -0.05) is 6.08 Å². The summed E-state index contributed by atoms with van der Waals surface area (Å²) in [6, 6.07) is 2.53. The predicted molar refractivity (Wildman–Crippen MR) is 96.2 cm³/mol. The van der Waals surface area contributed by atoms with Gasteiger partial charge in [0.05, 0.1) is 32.5 Å². The van der Waals surface area contributed by atoms with Crippen molar-refractivity contribution in [2.45, 2.75) is 6.92 Å². The molecule has 0 bridgehead atoms. The third-order valence-corrected chi connectivity index (χ3v) is 3.73. The van der Waals surface area contributed by atoms with Crippen LogP contribution in [0.3, 0.4) is 0 Å². The molecule has 0 fully saturated rings. The Balaban J connectivity index is 2.75. The van der Waals surface area contributed by atoms with E-state index in [0.29, 0.717) is 0 Å². The van der Waals surface area contributed by atoms with E-state index in [4.69, 9.17) is 18.6 Å². The van der Waals surface area contributed by atoms with Crippen LogP contribution in [0.15, 0.2) is 33.7 Å². The van der Waals surface area contributed by atoms with Crippen molar-refractivity contribution in [3.63, 3.8) is 0 Å². The average molecular weight is 374 g/mol. The Kier molecular flexibility index (Phi) is 6.02. The molecule has 1 aromatic carbocycles. The SMILES string of the molecule is C/C=C/c1occ(C(=O)c2c(OC)cc(OC)cc2C(=O)O)c(=O)c1OC. The van der Waals surface area contributed by atoms with Crippen LogP contribution in [-0.2, 0) is 0 Å². The van der Waals surface area contributed by atoms with Gasteiger partial charge in [0.2, 0.25) is 17.0 Å². The number of carbonyl (C=O) groups excluding carboxylic acids is 1. The van der Waals surface area contributed by atoms with Gasteiger partial charge in [0.25, 0.3) is 0 Å². The number of rotatable bonds is 7. The maximum atomic E-state index is 13.0. The summed E-state index contributed by atoms with van der Waals surface area (Å²) in [7, 11) is 3.89. The van der Waals surface area contributed by atoms with Crippen LogP contribution in [0.2, 0.25) is 0 Å². The van der Waals surface area contributed by atoms with Gasteiger partial charge in [-0.05, 0) is 19.1 Å². The maximum absolute atomic E-state index is 13.0. The van der Waals surface area contributed by atoms with Gasteiger partial charge in [0.1, 0.15) is 23.3 Å². The van der Waals surface area contributed by atoms with Gasteiger partial charge < -0.3 is 23.7 Å². The molecule has 8 nitrogen and oxygen atoms in total. The van der Waals surface area contributed by atoms with Crippen molar-refractivity contribution in [1.82, 2.24) is 0 Å². The number of ether oxygens (including phenoxy) is 3. The van der Waals surface area contributed by atoms with Gasteiger partial charge >= 0.3 is 5.97 Å². The lowest BCUT2D eigenvalue weighted by Gasteiger charge is -2.13. The van der Waals surface area contributed by atoms with E-state index in [1.807, 2.05) is 0 Å². The van der Waals surface area contributed by atoms with E-state index < -0.39 is 17.2 Å². The van der Waals surface area contributed by atoms with E-state index in [0.717, 1.165) is 6.26 Å². The van der Waals surface area contributed by atoms with Crippen LogP contribution in [0.25, 0.3) is 6.08 Å². The van der Waals surface area contributed by atoms with Crippen LogP contribution in [0.5, 0.6) is 17.2 Å². The zero-order valence-electron chi connectivity index (χ0n) is 15.2. The smallest absolute Gasteiger partial charge is 0.336 e. The first-order valence-corrected chi connectivity index (χ1v) is 7.76. The Morgan fingerprint density at radius 2 is 1.78 bits per heavy atom. The average Bonchev–Trinajstić information content (AvgIpc) is 2.66. The third-order valence-electron chi connectivity index (χ3n) is 3.73. The molecule has 1 N–H and O–H groups in total. The Hall–Kier alpha value is -3.55. The Labute approximate surface area is 154 Å². The Morgan fingerprint density at radius 3 is 2.30 bits per heavy atom. The molecule has 0 spiro atoms. The molecule has 0 aliphatic heterocycles. The van der Waals surface area contributed by atoms with E-state index in [1.165, 1.54) is 39.5 Å². The molecule has 0 amide bonds. The molecule has 142 valence electrons. The molecular formula is C19H18O8. The van der Waals surface area contributed by atoms with Gasteiger partial charge in [-0.25, -0.2) is 4.79 Å². The fraction of sp³-hybridized carbons (Fsp3) is 0.211. The van der Waals surface area contributed by atoms with E-state index in [1.54, 1.807) is 13.0 Å². The van der Waals surface area contributed by atoms with Crippen molar-refractivity contribution < 1.29 is 33.3 Å². The monoisotopic (exact) mass is 374 g/mol. The Bertz CT molecular complexity index is 968. The molecule has 0 aliphatic rings. The van der Waals surface area contributed by atoms with Crippen molar-refractivity contribution in [2.24, 2.45) is 0 Å². The maximum Gasteiger partial charge on any atom is 0.336 e. The first-order valence-electron chi connectivity index (χ1n) is 7.76. The van der Waals surface area contributed by atoms with Crippen molar-refractivity contribution >= 4 is 17.8 Å². The van der Waals surface area contributed by atoms with Crippen LogP contribution < -0.4 is 19.6 Å². The van der Waals surface area contributed by atoms with Crippen molar-refractivity contribution in [3.05, 3.63) is 57.1 Å². The fourth-order valence-corrected chi connectivity index (χ4v) is 2.49. The summed E-state index contributed by atoms with van der Waals surface area (Å²) in [5, 5.41) is 9.49. The number of hydrogen-bond acceptors (Lipinski definition) is 7. The number of benzene rings is 1. The van der Waals surface area contributed by atoms with Gasteiger partial charge in [0, 0.05) is 6.07 Å². The highest BCUT2D eigenvalue weighted by atomic mass is 16.5. The summed E-state index contributed by atoms with van der Waals surface area (Å²) < 4.78 is 20.5. The predicted octanol–water partition coefficient (Wildman–Crippen LogP) is 2.63. The standard InChI is InChI=1S/C19H18O8/c1-5-6-13-18(26-4)17(21)12(9-27-13)16(20)15-11(19(22)23)7-10(24-2)8-14(15)25-3/h5-9H,1-4H3,(H,22,23)/b6-5+. The number of hydrogen-bond donors (Lipinski definition) is 1. The molecule has 27 heavy (non-hydrogen) atoms. The zero-order valence-corrected chi connectivity index (χ0v) is 15.2. The zero-order chi connectivity index (χ0) is 20.1. The Morgan fingerprint density at radius 1 is 1.07 bits per heavy atom. The highest BCUT2D eigenvalue weighted by molar-refractivity contribution is 6.16. The van der Waals surface area contributed by atoms with E-state index in [9.17, 15) is 19.5 Å². The van der Waals surface area contributed by atoms with Crippen molar-refractivity contribution in [1.29, 1.82) is 0 Å². The molecule has 1 heterocycles. The lowest BCUT2D eigenvalue weighted by atomic mass is 9.97. The molecule has 2 rings (SSSR count). The molecule has 0 unspecified atom stereocenters. The lowest BCUT2D eigenvalue weighted by Crippen LogP contribution is -2.20. The van der Waals surface area contributed by atoms with Gasteiger partial charge in [-0.15, -0.1) is 0 Å². The van der Waals surface area contributed by atoms with Gasteiger partial charge in [-0.3, -0.25) is 9.59 Å². The molecule has 2 aromatic rings. The van der Waals surface area contributed by atoms with Crippen molar-refractivity contribution in [3.8, 4) is 17.2 Å². The molecule has 1 aromatic heterocycles. The molecule has 8 heteroatoms. The summed E-state index contributed by atoms with van der Waals surface area (Å²) in [6.45, 7) is 1.72. The van der Waals surface area contributed by atoms with E-state index in [-0.39, 0.29) is 39.7 Å². The summed E-state index contributed by atoms with van der Waals surface area (Å²) in [6.07, 6.45) is 4.11. The topological polar surface area (TPSA) is 112 Å². The number of allylic oxidation sites excluding steroid dienone is 1. The lowest BCUT2D eigenvalue weighted by molar-refractivity contribution is 0.0691. The minimum atomic E-state index is -1.38. The molecule has 0 radical (unpaired) electrons. The number of carboxylic acids is 1. The number of methoxy groups -OCH3 is 3. The quantitative estimate of drug-likeness (QED) is 0.736. The van der Waals surface area contributed by atoms with Crippen LogP contribution in [0, 0.1) is 0 Å². The second-order valence-electron chi connectivity index (χ2n) is 5.26. The normalized spacial score (nSPS) is 10.7. The fourth-order valence-electron chi connectivity index (χ4n) is 2.49. The number of carbonyl (C=O) groups is 2. The number of ketones is 1. The van der Waals surface area contributed by atoms with E-state index >= 15 is 0 Å². The molecular weight excluding hydrogens is 356 g/mol. The highest BCUT2D eigenvalue weighted by Gasteiger charge is 2.28. The molecule has 0 aliphatic carbocycles. The van der Waals surface area contributed by atoms with Crippen LogP contribution >= 0.6 is 0 Å². The molecule has 0 saturated carbocycles. The molecule has 0 saturated heterocycles. The minimum Gasteiger partial charge on any atom is -0.497 e. The van der Waals surface area contributed by atoms with E-state index in [2.05, 4.69) is 0 Å². The second-order valence-corrected chi connectivity index (χ2v) is 5.26. The summed E-state index contributed by atoms with van der Waals surface area (Å²) in [5.41, 5.74) is -1.77. The van der Waals surface area contributed by atoms with Crippen LogP contribution in [0.1, 0.15) is 39.0 Å². The summed E-state index contributed by atoms with van der Waals surface area (Å²) in [5.74, 6) is -2.13. The first-order chi connectivity index (χ1) is 12.9. The molecule has 0 atom stereocenters. The second kappa shape index (κ2) is 8.22. The largest absolute Gasteiger partial charge is 0.497 e. The third kappa shape index (κ3) is 3.69. The summed E-state index contributed by atoms with van der Waals surface area (Å²) in [4.78, 5) is 37.3. The summed E-state index contributed by atoms with van der Waals surface area (Å²) >= 11 is 0. The first kappa shape index (κ1) is 19.8. The van der Waals surface area contributed by atoms with Gasteiger partial charge in [0.15, 0.2) is 5.76 Å². The van der Waals surface area contributed by atoms with Crippen LogP contribution in [-0.4, -0.2) is 38.2 Å². The number of carboxylic acid groups (broad SMARTS) is 1. The number of aromatic carboxylic acids is 1.